The zero-order chi connectivity index (χ0) is 11.7. The van der Waals surface area contributed by atoms with Gasteiger partial charge in [-0.25, -0.2) is 0 Å². The van der Waals surface area contributed by atoms with Crippen LogP contribution in [-0.4, -0.2) is 11.6 Å². The van der Waals surface area contributed by atoms with Crippen molar-refractivity contribution in [3.05, 3.63) is 57.8 Å². The maximum atomic E-state index is 5.58. The molecule has 86 valence electrons. The lowest BCUT2D eigenvalue weighted by atomic mass is 10.0. The van der Waals surface area contributed by atoms with Crippen molar-refractivity contribution < 1.29 is 4.74 Å². The van der Waals surface area contributed by atoms with E-state index < -0.39 is 0 Å². The molecule has 0 radical (unpaired) electrons. The molecule has 3 rings (SSSR count). The number of aromatic nitrogens is 1. The fraction of sp³-hybridized carbons (Fsp3) is 0.214. The number of rotatable bonds is 2. The van der Waals surface area contributed by atoms with Crippen molar-refractivity contribution in [2.24, 2.45) is 0 Å². The fourth-order valence-electron chi connectivity index (χ4n) is 2.16. The van der Waals surface area contributed by atoms with Gasteiger partial charge in [0.1, 0.15) is 5.75 Å². The maximum Gasteiger partial charge on any atom is 0.136 e. The summed E-state index contributed by atoms with van der Waals surface area (Å²) in [6.07, 6.45) is 5.62. The molecule has 2 nitrogen and oxygen atoms in total. The number of halogens is 1. The highest BCUT2D eigenvalue weighted by molar-refractivity contribution is 9.10. The second-order valence-corrected chi connectivity index (χ2v) is 5.05. The molecular formula is C14H12BrNO. The SMILES string of the molecule is Brc1cc(Cc2ccncc2)cc2c1OCC2. The Labute approximate surface area is 109 Å². The molecule has 2 heterocycles. The summed E-state index contributed by atoms with van der Waals surface area (Å²) < 4.78 is 6.64. The van der Waals surface area contributed by atoms with Gasteiger partial charge in [0.25, 0.3) is 0 Å². The van der Waals surface area contributed by atoms with Crippen LogP contribution < -0.4 is 4.74 Å². The van der Waals surface area contributed by atoms with E-state index >= 15 is 0 Å². The Morgan fingerprint density at radius 2 is 2.00 bits per heavy atom. The Hall–Kier alpha value is -1.35. The Kier molecular flexibility index (Phi) is 2.85. The van der Waals surface area contributed by atoms with Crippen LogP contribution in [0.15, 0.2) is 41.1 Å². The van der Waals surface area contributed by atoms with Crippen LogP contribution in [0.25, 0.3) is 0 Å². The molecule has 2 aromatic rings. The summed E-state index contributed by atoms with van der Waals surface area (Å²) in [4.78, 5) is 4.03. The van der Waals surface area contributed by atoms with Crippen LogP contribution in [0.1, 0.15) is 16.7 Å². The van der Waals surface area contributed by atoms with Crippen LogP contribution in [0.5, 0.6) is 5.75 Å². The van der Waals surface area contributed by atoms with E-state index in [0.29, 0.717) is 0 Å². The van der Waals surface area contributed by atoms with E-state index in [1.807, 2.05) is 12.4 Å². The molecule has 1 aliphatic rings. The largest absolute Gasteiger partial charge is 0.492 e. The van der Waals surface area contributed by atoms with Crippen molar-refractivity contribution in [3.8, 4) is 5.75 Å². The van der Waals surface area contributed by atoms with Crippen LogP contribution in [0, 0.1) is 0 Å². The highest BCUT2D eigenvalue weighted by Crippen LogP contribution is 2.35. The first-order chi connectivity index (χ1) is 8.33. The first-order valence-corrected chi connectivity index (χ1v) is 6.45. The summed E-state index contributed by atoms with van der Waals surface area (Å²) in [5.74, 6) is 1.02. The number of hydrogen-bond acceptors (Lipinski definition) is 2. The van der Waals surface area contributed by atoms with Crippen LogP contribution in [0.2, 0.25) is 0 Å². The zero-order valence-corrected chi connectivity index (χ0v) is 10.9. The van der Waals surface area contributed by atoms with Gasteiger partial charge in [0.2, 0.25) is 0 Å². The third-order valence-electron chi connectivity index (χ3n) is 2.96. The van der Waals surface area contributed by atoms with Gasteiger partial charge in [0, 0.05) is 18.8 Å². The van der Waals surface area contributed by atoms with Gasteiger partial charge >= 0.3 is 0 Å². The molecule has 1 aromatic heterocycles. The van der Waals surface area contributed by atoms with Gasteiger partial charge < -0.3 is 4.74 Å². The van der Waals surface area contributed by atoms with Crippen LogP contribution in [-0.2, 0) is 12.8 Å². The van der Waals surface area contributed by atoms with E-state index in [9.17, 15) is 0 Å². The van der Waals surface area contributed by atoms with E-state index in [1.54, 1.807) is 0 Å². The lowest BCUT2D eigenvalue weighted by molar-refractivity contribution is 0.355. The number of ether oxygens (including phenoxy) is 1. The van der Waals surface area contributed by atoms with Gasteiger partial charge in [-0.15, -0.1) is 0 Å². The number of nitrogens with zero attached hydrogens (tertiary/aromatic N) is 1. The maximum absolute atomic E-state index is 5.58. The normalized spacial score (nSPS) is 13.2. The molecule has 17 heavy (non-hydrogen) atoms. The minimum Gasteiger partial charge on any atom is -0.492 e. The summed E-state index contributed by atoms with van der Waals surface area (Å²) in [6, 6.07) is 8.49. The molecule has 0 saturated heterocycles. The number of hydrogen-bond donors (Lipinski definition) is 0. The molecule has 0 N–H and O–H groups in total. The van der Waals surface area contributed by atoms with Gasteiger partial charge in [-0.2, -0.15) is 0 Å². The highest BCUT2D eigenvalue weighted by Gasteiger charge is 2.16. The third-order valence-corrected chi connectivity index (χ3v) is 3.54. The Bertz CT molecular complexity index is 539. The molecule has 0 saturated carbocycles. The Balaban J connectivity index is 1.92. The van der Waals surface area contributed by atoms with E-state index in [4.69, 9.17) is 4.74 Å². The van der Waals surface area contributed by atoms with E-state index in [0.717, 1.165) is 29.7 Å². The van der Waals surface area contributed by atoms with Crippen LogP contribution in [0.4, 0.5) is 0 Å². The number of benzene rings is 1. The minimum atomic E-state index is 0.798. The van der Waals surface area contributed by atoms with Crippen LogP contribution >= 0.6 is 15.9 Å². The quantitative estimate of drug-likeness (QED) is 0.846. The summed E-state index contributed by atoms with van der Waals surface area (Å²) >= 11 is 3.57. The molecule has 0 aliphatic carbocycles. The van der Waals surface area contributed by atoms with Gasteiger partial charge in [-0.3, -0.25) is 4.98 Å². The molecule has 3 heteroatoms. The van der Waals surface area contributed by atoms with Crippen molar-refractivity contribution in [2.75, 3.05) is 6.61 Å². The minimum absolute atomic E-state index is 0.798. The average Bonchev–Trinajstić information content (AvgIpc) is 2.79. The third kappa shape index (κ3) is 2.20. The summed E-state index contributed by atoms with van der Waals surface area (Å²) in [7, 11) is 0. The molecule has 0 bridgehead atoms. The molecule has 0 amide bonds. The molecule has 0 spiro atoms. The van der Waals surface area contributed by atoms with Crippen molar-refractivity contribution in [2.45, 2.75) is 12.8 Å². The predicted molar refractivity (Wildman–Crippen MR) is 70.4 cm³/mol. The smallest absolute Gasteiger partial charge is 0.136 e. The predicted octanol–water partition coefficient (Wildman–Crippen LogP) is 3.37. The molecule has 1 aromatic carbocycles. The molecule has 0 unspecified atom stereocenters. The number of pyridine rings is 1. The second-order valence-electron chi connectivity index (χ2n) is 4.20. The Morgan fingerprint density at radius 1 is 1.18 bits per heavy atom. The van der Waals surface area contributed by atoms with Crippen LogP contribution in [0.3, 0.4) is 0 Å². The lowest BCUT2D eigenvalue weighted by Gasteiger charge is -2.07. The Morgan fingerprint density at radius 3 is 2.82 bits per heavy atom. The van der Waals surface area contributed by atoms with E-state index in [1.165, 1.54) is 16.7 Å². The van der Waals surface area contributed by atoms with Gasteiger partial charge in [0.15, 0.2) is 0 Å². The zero-order valence-electron chi connectivity index (χ0n) is 9.32. The molecule has 0 atom stereocenters. The monoisotopic (exact) mass is 289 g/mol. The van der Waals surface area contributed by atoms with Gasteiger partial charge in [-0.1, -0.05) is 6.07 Å². The first-order valence-electron chi connectivity index (χ1n) is 5.66. The van der Waals surface area contributed by atoms with Crippen molar-refractivity contribution in [1.29, 1.82) is 0 Å². The topological polar surface area (TPSA) is 22.1 Å². The standard InChI is InChI=1S/C14H12BrNO/c15-13-9-11(7-10-1-4-16-5-2-10)8-12-3-6-17-14(12)13/h1-2,4-5,8-9H,3,6-7H2. The summed E-state index contributed by atoms with van der Waals surface area (Å²) in [5.41, 5.74) is 3.90. The van der Waals surface area contributed by atoms with Crippen molar-refractivity contribution in [3.63, 3.8) is 0 Å². The van der Waals surface area contributed by atoms with E-state index in [2.05, 4.69) is 45.2 Å². The molecule has 1 aliphatic heterocycles. The molecule has 0 fully saturated rings. The fourth-order valence-corrected chi connectivity index (χ4v) is 2.82. The second kappa shape index (κ2) is 4.49. The van der Waals surface area contributed by atoms with Gasteiger partial charge in [0.05, 0.1) is 11.1 Å². The van der Waals surface area contributed by atoms with Crippen molar-refractivity contribution >= 4 is 15.9 Å². The lowest BCUT2D eigenvalue weighted by Crippen LogP contribution is -1.90. The number of fused-ring (bicyclic) bond motifs is 1. The summed E-state index contributed by atoms with van der Waals surface area (Å²) in [6.45, 7) is 0.798. The molecular weight excluding hydrogens is 278 g/mol. The highest BCUT2D eigenvalue weighted by atomic mass is 79.9. The summed E-state index contributed by atoms with van der Waals surface area (Å²) in [5, 5.41) is 0. The van der Waals surface area contributed by atoms with Crippen molar-refractivity contribution in [1.82, 2.24) is 4.98 Å². The first kappa shape index (κ1) is 10.8. The van der Waals surface area contributed by atoms with E-state index in [-0.39, 0.29) is 0 Å². The van der Waals surface area contributed by atoms with Gasteiger partial charge in [-0.05, 0) is 57.2 Å². The average molecular weight is 290 g/mol.